The highest BCUT2D eigenvalue weighted by Crippen LogP contribution is 2.26. The summed E-state index contributed by atoms with van der Waals surface area (Å²) in [6.45, 7) is 4.05. The molecule has 0 fully saturated rings. The van der Waals surface area contributed by atoms with E-state index in [0.717, 1.165) is 30.6 Å². The van der Waals surface area contributed by atoms with Crippen LogP contribution in [-0.2, 0) is 9.53 Å². The van der Waals surface area contributed by atoms with Crippen LogP contribution in [0.1, 0.15) is 43.4 Å². The molecule has 3 heteroatoms. The number of hydrogen-bond acceptors (Lipinski definition) is 3. The second-order valence-electron chi connectivity index (χ2n) is 3.69. The molecule has 0 radical (unpaired) electrons. The molecule has 0 aliphatic rings. The number of aryl methyl sites for hydroxylation is 1. The topological polar surface area (TPSA) is 39.4 Å². The van der Waals surface area contributed by atoms with E-state index in [4.69, 9.17) is 9.15 Å². The summed E-state index contributed by atoms with van der Waals surface area (Å²) in [6, 6.07) is 1.87. The predicted octanol–water partition coefficient (Wildman–Crippen LogP) is 3.03. The molecular formula is C12H18O3. The lowest BCUT2D eigenvalue weighted by molar-refractivity contribution is -0.143. The third-order valence-corrected chi connectivity index (χ3v) is 2.55. The number of esters is 1. The number of rotatable bonds is 5. The molecule has 0 saturated carbocycles. The van der Waals surface area contributed by atoms with Gasteiger partial charge in [-0.25, -0.2) is 0 Å². The van der Waals surface area contributed by atoms with Gasteiger partial charge in [-0.05, 0) is 25.0 Å². The van der Waals surface area contributed by atoms with Gasteiger partial charge in [0.2, 0.25) is 0 Å². The second kappa shape index (κ2) is 5.59. The van der Waals surface area contributed by atoms with Gasteiger partial charge in [0.05, 0.1) is 13.4 Å². The van der Waals surface area contributed by atoms with Crippen LogP contribution in [0.25, 0.3) is 0 Å². The third-order valence-electron chi connectivity index (χ3n) is 2.55. The summed E-state index contributed by atoms with van der Waals surface area (Å²) >= 11 is 0. The van der Waals surface area contributed by atoms with E-state index in [-0.39, 0.29) is 11.9 Å². The molecule has 0 aliphatic carbocycles. The second-order valence-corrected chi connectivity index (χ2v) is 3.69. The van der Waals surface area contributed by atoms with Gasteiger partial charge in [-0.2, -0.15) is 0 Å². The maximum Gasteiger partial charge on any atom is 0.316 e. The summed E-state index contributed by atoms with van der Waals surface area (Å²) in [5.74, 6) is 0.293. The van der Waals surface area contributed by atoms with Gasteiger partial charge in [0, 0.05) is 0 Å². The van der Waals surface area contributed by atoms with Crippen molar-refractivity contribution in [2.75, 3.05) is 7.11 Å². The van der Waals surface area contributed by atoms with Crippen LogP contribution < -0.4 is 0 Å². The van der Waals surface area contributed by atoms with Crippen LogP contribution in [-0.4, -0.2) is 13.1 Å². The fourth-order valence-electron chi connectivity index (χ4n) is 1.65. The average molecular weight is 210 g/mol. The lowest BCUT2D eigenvalue weighted by Crippen LogP contribution is -2.14. The molecule has 1 aromatic rings. The summed E-state index contributed by atoms with van der Waals surface area (Å²) in [4.78, 5) is 11.6. The Morgan fingerprint density at radius 2 is 2.33 bits per heavy atom. The van der Waals surface area contributed by atoms with Crippen molar-refractivity contribution in [2.45, 2.75) is 39.0 Å². The SMILES string of the molecule is CCCCC(C(=O)OC)c1occc1C. The Bertz CT molecular complexity index is 314. The zero-order valence-corrected chi connectivity index (χ0v) is 9.58. The van der Waals surface area contributed by atoms with E-state index in [1.807, 2.05) is 13.0 Å². The Balaban J connectivity index is 2.81. The van der Waals surface area contributed by atoms with E-state index in [2.05, 4.69) is 6.92 Å². The van der Waals surface area contributed by atoms with Gasteiger partial charge in [-0.3, -0.25) is 4.79 Å². The molecule has 0 aromatic carbocycles. The van der Waals surface area contributed by atoms with Crippen molar-refractivity contribution in [1.82, 2.24) is 0 Å². The first-order valence-electron chi connectivity index (χ1n) is 5.32. The highest BCUT2D eigenvalue weighted by molar-refractivity contribution is 5.77. The highest BCUT2D eigenvalue weighted by Gasteiger charge is 2.25. The zero-order valence-electron chi connectivity index (χ0n) is 9.58. The van der Waals surface area contributed by atoms with Crippen molar-refractivity contribution in [3.8, 4) is 0 Å². The predicted molar refractivity (Wildman–Crippen MR) is 57.7 cm³/mol. The van der Waals surface area contributed by atoms with Crippen LogP contribution in [0.3, 0.4) is 0 Å². The van der Waals surface area contributed by atoms with Crippen LogP contribution in [0.15, 0.2) is 16.7 Å². The van der Waals surface area contributed by atoms with Crippen LogP contribution in [0.5, 0.6) is 0 Å². The maximum absolute atomic E-state index is 11.6. The summed E-state index contributed by atoms with van der Waals surface area (Å²) in [6.07, 6.45) is 4.47. The minimum Gasteiger partial charge on any atom is -0.468 e. The van der Waals surface area contributed by atoms with Crippen molar-refractivity contribution >= 4 is 5.97 Å². The van der Waals surface area contributed by atoms with Crippen molar-refractivity contribution in [3.63, 3.8) is 0 Å². The Morgan fingerprint density at radius 1 is 1.60 bits per heavy atom. The van der Waals surface area contributed by atoms with E-state index < -0.39 is 0 Å². The van der Waals surface area contributed by atoms with E-state index in [1.165, 1.54) is 7.11 Å². The molecule has 1 aromatic heterocycles. The Morgan fingerprint density at radius 3 is 2.80 bits per heavy atom. The smallest absolute Gasteiger partial charge is 0.316 e. The molecule has 0 saturated heterocycles. The van der Waals surface area contributed by atoms with E-state index in [0.29, 0.717) is 0 Å². The molecule has 0 aliphatic heterocycles. The van der Waals surface area contributed by atoms with Gasteiger partial charge in [0.1, 0.15) is 11.7 Å². The third kappa shape index (κ3) is 2.85. The van der Waals surface area contributed by atoms with Crippen molar-refractivity contribution < 1.29 is 13.9 Å². The quantitative estimate of drug-likeness (QED) is 0.701. The number of methoxy groups -OCH3 is 1. The summed E-state index contributed by atoms with van der Waals surface area (Å²) in [7, 11) is 1.42. The first-order chi connectivity index (χ1) is 7.20. The number of furan rings is 1. The number of ether oxygens (including phenoxy) is 1. The van der Waals surface area contributed by atoms with Crippen molar-refractivity contribution in [3.05, 3.63) is 23.7 Å². The minimum absolute atomic E-state index is 0.207. The van der Waals surface area contributed by atoms with Crippen LogP contribution in [0, 0.1) is 6.92 Å². The molecule has 1 unspecified atom stereocenters. The molecule has 0 bridgehead atoms. The normalized spacial score (nSPS) is 12.5. The van der Waals surface area contributed by atoms with E-state index in [9.17, 15) is 4.79 Å². The molecule has 1 heterocycles. The Hall–Kier alpha value is -1.25. The molecule has 84 valence electrons. The molecule has 1 rings (SSSR count). The summed E-state index contributed by atoms with van der Waals surface area (Å²) in [5, 5.41) is 0. The number of carbonyl (C=O) groups excluding carboxylic acids is 1. The maximum atomic E-state index is 11.6. The van der Waals surface area contributed by atoms with Crippen LogP contribution in [0.4, 0.5) is 0 Å². The minimum atomic E-state index is -0.245. The van der Waals surface area contributed by atoms with Crippen LogP contribution >= 0.6 is 0 Å². The number of hydrogen-bond donors (Lipinski definition) is 0. The first-order valence-corrected chi connectivity index (χ1v) is 5.32. The van der Waals surface area contributed by atoms with Crippen molar-refractivity contribution in [1.29, 1.82) is 0 Å². The lowest BCUT2D eigenvalue weighted by atomic mass is 9.97. The zero-order chi connectivity index (χ0) is 11.3. The summed E-state index contributed by atoms with van der Waals surface area (Å²) < 4.78 is 10.1. The van der Waals surface area contributed by atoms with Gasteiger partial charge in [-0.15, -0.1) is 0 Å². The molecule has 3 nitrogen and oxygen atoms in total. The molecule has 0 amide bonds. The van der Waals surface area contributed by atoms with E-state index >= 15 is 0 Å². The summed E-state index contributed by atoms with van der Waals surface area (Å²) in [5.41, 5.74) is 1.02. The average Bonchev–Trinajstić information content (AvgIpc) is 2.65. The number of carbonyl (C=O) groups is 1. The fourth-order valence-corrected chi connectivity index (χ4v) is 1.65. The molecular weight excluding hydrogens is 192 g/mol. The van der Waals surface area contributed by atoms with Crippen LogP contribution in [0.2, 0.25) is 0 Å². The Labute approximate surface area is 90.4 Å². The van der Waals surface area contributed by atoms with Crippen molar-refractivity contribution in [2.24, 2.45) is 0 Å². The number of unbranched alkanes of at least 4 members (excludes halogenated alkanes) is 1. The fraction of sp³-hybridized carbons (Fsp3) is 0.583. The van der Waals surface area contributed by atoms with Gasteiger partial charge < -0.3 is 9.15 Å². The highest BCUT2D eigenvalue weighted by atomic mass is 16.5. The van der Waals surface area contributed by atoms with Gasteiger partial charge >= 0.3 is 5.97 Å². The largest absolute Gasteiger partial charge is 0.468 e. The van der Waals surface area contributed by atoms with Gasteiger partial charge in [0.15, 0.2) is 0 Å². The van der Waals surface area contributed by atoms with E-state index in [1.54, 1.807) is 6.26 Å². The monoisotopic (exact) mass is 210 g/mol. The molecule has 0 spiro atoms. The van der Waals surface area contributed by atoms with Gasteiger partial charge in [0.25, 0.3) is 0 Å². The van der Waals surface area contributed by atoms with Gasteiger partial charge in [-0.1, -0.05) is 19.8 Å². The lowest BCUT2D eigenvalue weighted by Gasteiger charge is -2.12. The molecule has 1 atom stereocenters. The first kappa shape index (κ1) is 11.8. The Kier molecular flexibility index (Phi) is 4.40. The standard InChI is InChI=1S/C12H18O3/c1-4-5-6-10(12(13)14-3)11-9(2)7-8-15-11/h7-8,10H,4-6H2,1-3H3. The molecule has 15 heavy (non-hydrogen) atoms. The molecule has 0 N–H and O–H groups in total.